The molecule has 1 atom stereocenters. The lowest BCUT2D eigenvalue weighted by Crippen LogP contribution is -2.43. The summed E-state index contributed by atoms with van der Waals surface area (Å²) >= 11 is 1.47. The van der Waals surface area contributed by atoms with E-state index in [2.05, 4.69) is 26.1 Å². The number of hydrogen-bond donors (Lipinski definition) is 1. The Kier molecular flexibility index (Phi) is 8.04. The molecule has 0 fully saturated rings. The number of benzene rings is 2. The van der Waals surface area contributed by atoms with E-state index in [4.69, 9.17) is 9.84 Å². The predicted octanol–water partition coefficient (Wildman–Crippen LogP) is 4.55. The number of halogens is 1. The molecule has 1 unspecified atom stereocenters. The van der Waals surface area contributed by atoms with Crippen LogP contribution in [-0.4, -0.2) is 54.2 Å². The van der Waals surface area contributed by atoms with Crippen LogP contribution in [0.2, 0.25) is 0 Å². The van der Waals surface area contributed by atoms with Crippen molar-refractivity contribution >= 4 is 29.4 Å². The Labute approximate surface area is 221 Å². The fourth-order valence-corrected chi connectivity index (χ4v) is 5.60. The van der Waals surface area contributed by atoms with Gasteiger partial charge in [0, 0.05) is 24.6 Å². The average Bonchev–Trinajstić information content (AvgIpc) is 3.18. The van der Waals surface area contributed by atoms with Crippen LogP contribution in [0, 0.1) is 12.7 Å². The molecule has 2 amide bonds. The highest BCUT2D eigenvalue weighted by Crippen LogP contribution is 2.48. The minimum Gasteiger partial charge on any atom is -0.383 e. The Balaban J connectivity index is 1.95. The Morgan fingerprint density at radius 2 is 1.95 bits per heavy atom. The van der Waals surface area contributed by atoms with Crippen molar-refractivity contribution in [2.75, 3.05) is 37.5 Å². The normalized spacial score (nSPS) is 15.9. The van der Waals surface area contributed by atoms with Crippen molar-refractivity contribution < 1.29 is 18.7 Å². The summed E-state index contributed by atoms with van der Waals surface area (Å²) in [5.41, 5.74) is 4.05. The minimum absolute atomic E-state index is 0.145. The van der Waals surface area contributed by atoms with Crippen LogP contribution in [0.5, 0.6) is 0 Å². The van der Waals surface area contributed by atoms with Gasteiger partial charge in [-0.2, -0.15) is 5.10 Å². The van der Waals surface area contributed by atoms with Crippen LogP contribution in [0.3, 0.4) is 0 Å². The number of nitrogens with zero attached hydrogens (tertiary/aromatic N) is 3. The van der Waals surface area contributed by atoms with E-state index >= 15 is 0 Å². The number of methoxy groups -OCH3 is 1. The molecule has 1 aromatic heterocycles. The number of rotatable bonds is 7. The van der Waals surface area contributed by atoms with Gasteiger partial charge in [0.15, 0.2) is 0 Å². The van der Waals surface area contributed by atoms with E-state index in [1.54, 1.807) is 28.8 Å². The summed E-state index contributed by atoms with van der Waals surface area (Å²) in [6.45, 7) is 8.82. The van der Waals surface area contributed by atoms with Crippen LogP contribution in [0.15, 0.2) is 48.5 Å². The summed E-state index contributed by atoms with van der Waals surface area (Å²) in [5, 5.41) is 7.61. The number of ether oxygens (including phenoxy) is 1. The Hall–Kier alpha value is -3.17. The zero-order valence-corrected chi connectivity index (χ0v) is 22.7. The molecular formula is C28H33FN4O3S. The van der Waals surface area contributed by atoms with Crippen LogP contribution < -0.4 is 10.2 Å². The molecule has 37 heavy (non-hydrogen) atoms. The van der Waals surface area contributed by atoms with Gasteiger partial charge in [0.25, 0.3) is 0 Å². The second kappa shape index (κ2) is 11.1. The third-order valence-corrected chi connectivity index (χ3v) is 7.40. The lowest BCUT2D eigenvalue weighted by Gasteiger charge is -2.24. The largest absolute Gasteiger partial charge is 0.383 e. The first kappa shape index (κ1) is 26.9. The molecule has 0 saturated carbocycles. The van der Waals surface area contributed by atoms with E-state index in [0.29, 0.717) is 19.0 Å². The molecule has 196 valence electrons. The van der Waals surface area contributed by atoms with Crippen LogP contribution in [0.4, 0.5) is 10.2 Å². The van der Waals surface area contributed by atoms with E-state index in [1.165, 1.54) is 23.9 Å². The van der Waals surface area contributed by atoms with Crippen LogP contribution >= 0.6 is 11.8 Å². The molecule has 0 bridgehead atoms. The summed E-state index contributed by atoms with van der Waals surface area (Å²) in [5.74, 6) is -0.0522. The Morgan fingerprint density at radius 3 is 2.59 bits per heavy atom. The van der Waals surface area contributed by atoms with Crippen LogP contribution in [-0.2, 0) is 19.7 Å². The maximum atomic E-state index is 13.8. The Bertz CT molecular complexity index is 1280. The Morgan fingerprint density at radius 1 is 1.22 bits per heavy atom. The summed E-state index contributed by atoms with van der Waals surface area (Å²) in [7, 11) is 1.57. The standard InChI is InChI=1S/C28H33FN4O3S/c1-18-7-6-8-21(15-18)33-27-24(26(31-33)28(2,3)4)25(19-9-11-20(29)12-10-19)37-17-23(35)32(27)16-22(34)30-13-14-36-5/h6-12,15,25H,13-14,16-17H2,1-5H3,(H,30,34). The van der Waals surface area contributed by atoms with Gasteiger partial charge >= 0.3 is 0 Å². The van der Waals surface area contributed by atoms with Gasteiger partial charge in [0.1, 0.15) is 18.2 Å². The molecule has 0 aliphatic carbocycles. The van der Waals surface area contributed by atoms with E-state index in [1.807, 2.05) is 31.2 Å². The number of thioether (sulfide) groups is 1. The van der Waals surface area contributed by atoms with Gasteiger partial charge in [0.05, 0.1) is 29.0 Å². The molecule has 9 heteroatoms. The van der Waals surface area contributed by atoms with Crippen molar-refractivity contribution in [3.63, 3.8) is 0 Å². The highest BCUT2D eigenvalue weighted by Gasteiger charge is 2.39. The summed E-state index contributed by atoms with van der Waals surface area (Å²) < 4.78 is 20.6. The molecule has 2 aromatic carbocycles. The maximum Gasteiger partial charge on any atom is 0.240 e. The lowest BCUT2D eigenvalue weighted by atomic mass is 9.87. The fourth-order valence-electron chi connectivity index (χ4n) is 4.41. The van der Waals surface area contributed by atoms with Crippen LogP contribution in [0.25, 0.3) is 5.69 Å². The van der Waals surface area contributed by atoms with Crippen LogP contribution in [0.1, 0.15) is 48.4 Å². The highest BCUT2D eigenvalue weighted by molar-refractivity contribution is 8.00. The molecule has 7 nitrogen and oxygen atoms in total. The number of aryl methyl sites for hydroxylation is 1. The minimum atomic E-state index is -0.363. The molecule has 2 heterocycles. The fraction of sp³-hybridized carbons (Fsp3) is 0.393. The average molecular weight is 525 g/mol. The SMILES string of the molecule is COCCNC(=O)CN1C(=O)CSC(c2ccc(F)cc2)c2c(C(C)(C)C)nn(-c3cccc(C)c3)c21. The van der Waals surface area contributed by atoms with Crippen molar-refractivity contribution in [1.29, 1.82) is 0 Å². The number of aromatic nitrogens is 2. The molecule has 4 rings (SSSR count). The van der Waals surface area contributed by atoms with Gasteiger partial charge in [0.2, 0.25) is 11.8 Å². The lowest BCUT2D eigenvalue weighted by molar-refractivity contribution is -0.123. The summed E-state index contributed by atoms with van der Waals surface area (Å²) in [4.78, 5) is 28.0. The van der Waals surface area contributed by atoms with Gasteiger partial charge in [-0.05, 0) is 42.3 Å². The molecule has 1 aliphatic rings. The number of fused-ring (bicyclic) bond motifs is 1. The molecule has 0 spiro atoms. The van der Waals surface area contributed by atoms with E-state index in [-0.39, 0.29) is 40.6 Å². The molecule has 0 saturated heterocycles. The van der Waals surface area contributed by atoms with E-state index in [0.717, 1.165) is 28.1 Å². The third kappa shape index (κ3) is 5.88. The van der Waals surface area contributed by atoms with Crippen molar-refractivity contribution in [3.05, 3.63) is 76.7 Å². The van der Waals surface area contributed by atoms with Gasteiger partial charge in [-0.3, -0.25) is 14.5 Å². The third-order valence-electron chi connectivity index (χ3n) is 6.15. The quantitative estimate of drug-likeness (QED) is 0.459. The molecule has 0 radical (unpaired) electrons. The zero-order valence-electron chi connectivity index (χ0n) is 21.9. The summed E-state index contributed by atoms with van der Waals surface area (Å²) in [6.07, 6.45) is 0. The highest BCUT2D eigenvalue weighted by atomic mass is 32.2. The van der Waals surface area contributed by atoms with Crippen molar-refractivity contribution in [3.8, 4) is 5.69 Å². The molecular weight excluding hydrogens is 491 g/mol. The molecule has 1 N–H and O–H groups in total. The summed E-state index contributed by atoms with van der Waals surface area (Å²) in [6, 6.07) is 14.3. The monoisotopic (exact) mass is 524 g/mol. The van der Waals surface area contributed by atoms with Gasteiger partial charge < -0.3 is 10.1 Å². The number of hydrogen-bond acceptors (Lipinski definition) is 5. The van der Waals surface area contributed by atoms with Crippen molar-refractivity contribution in [2.45, 2.75) is 38.4 Å². The van der Waals surface area contributed by atoms with Crippen molar-refractivity contribution in [1.82, 2.24) is 15.1 Å². The first-order valence-corrected chi connectivity index (χ1v) is 13.3. The van der Waals surface area contributed by atoms with Gasteiger partial charge in [-0.1, -0.05) is 45.0 Å². The maximum absolute atomic E-state index is 13.8. The smallest absolute Gasteiger partial charge is 0.240 e. The topological polar surface area (TPSA) is 76.5 Å². The van der Waals surface area contributed by atoms with E-state index < -0.39 is 0 Å². The van der Waals surface area contributed by atoms with Gasteiger partial charge in [-0.25, -0.2) is 9.07 Å². The second-order valence-corrected chi connectivity index (χ2v) is 11.2. The zero-order chi connectivity index (χ0) is 26.7. The van der Waals surface area contributed by atoms with Gasteiger partial charge in [-0.15, -0.1) is 11.8 Å². The molecule has 3 aromatic rings. The number of nitrogens with one attached hydrogen (secondary N) is 1. The number of carbonyl (C=O) groups is 2. The first-order chi connectivity index (χ1) is 17.6. The second-order valence-electron chi connectivity index (χ2n) is 10.2. The predicted molar refractivity (Wildman–Crippen MR) is 145 cm³/mol. The number of anilines is 1. The number of carbonyl (C=O) groups excluding carboxylic acids is 2. The van der Waals surface area contributed by atoms with E-state index in [9.17, 15) is 14.0 Å². The first-order valence-electron chi connectivity index (χ1n) is 12.2. The molecule has 1 aliphatic heterocycles. The number of amides is 2. The van der Waals surface area contributed by atoms with Crippen molar-refractivity contribution in [2.24, 2.45) is 0 Å².